The lowest BCUT2D eigenvalue weighted by atomic mass is 9.92. The molecule has 0 aliphatic carbocycles. The highest BCUT2D eigenvalue weighted by Gasteiger charge is 2.32. The average Bonchev–Trinajstić information content (AvgIpc) is 4.13. The van der Waals surface area contributed by atoms with E-state index in [1.165, 1.54) is 12.7 Å². The molecule has 1 saturated heterocycles. The normalized spacial score (nSPS) is 13.6. The van der Waals surface area contributed by atoms with E-state index in [1.807, 2.05) is 30.5 Å². The van der Waals surface area contributed by atoms with E-state index >= 15 is 0 Å². The number of anilines is 1. The van der Waals surface area contributed by atoms with E-state index in [0.29, 0.717) is 136 Å². The number of benzene rings is 2. The van der Waals surface area contributed by atoms with Crippen molar-refractivity contribution >= 4 is 29.6 Å². The third-order valence-electron chi connectivity index (χ3n) is 12.9. The van der Waals surface area contributed by atoms with Crippen LogP contribution in [-0.4, -0.2) is 206 Å². The second-order valence-electron chi connectivity index (χ2n) is 19.3. The van der Waals surface area contributed by atoms with Crippen molar-refractivity contribution in [2.45, 2.75) is 76.9 Å². The van der Waals surface area contributed by atoms with Gasteiger partial charge in [-0.25, -0.2) is 14.5 Å². The van der Waals surface area contributed by atoms with Crippen molar-refractivity contribution in [3.05, 3.63) is 89.4 Å². The number of amides is 2. The number of ether oxygens (including phenoxy) is 11. The molecule has 0 spiro atoms. The lowest BCUT2D eigenvalue weighted by Crippen LogP contribution is -2.32. The summed E-state index contributed by atoms with van der Waals surface area (Å²) < 4.78 is 62.7. The standard InChI is InChI=1S/C58H83N7O16/c1-63(21-4-3-10-51-14-11-47-9-6-20-59-58(47)60-51)43-50(42-57(69)70-2)49-8-5-7-48(41-49)46-12-15-53(16-13-46)80-40-39-78-36-35-76-32-30-74-28-26-72-24-22-64-44-52(61-62-64)45-79-38-37-77-34-33-75-31-29-73-27-25-71-23-19-56(68)81-65-54(66)17-18-55(65)67/h5,7-8,11-16,41,44,50H,3-4,6,9-10,17-40,42-43,45H2,1-2H3,(H,59,60). The third-order valence-corrected chi connectivity index (χ3v) is 12.9. The Hall–Kier alpha value is -5.99. The highest BCUT2D eigenvalue weighted by molar-refractivity contribution is 6.01. The Labute approximate surface area is 475 Å². The number of aromatic nitrogens is 4. The smallest absolute Gasteiger partial charge is 0.335 e. The first-order chi connectivity index (χ1) is 39.7. The summed E-state index contributed by atoms with van der Waals surface area (Å²) in [5.41, 5.74) is 6.41. The highest BCUT2D eigenvalue weighted by Crippen LogP contribution is 2.29. The number of methoxy groups -OCH3 is 1. The van der Waals surface area contributed by atoms with Crippen LogP contribution >= 0.6 is 0 Å². The average molecular weight is 1130 g/mol. The fourth-order valence-electron chi connectivity index (χ4n) is 8.62. The van der Waals surface area contributed by atoms with Gasteiger partial charge in [0.25, 0.3) is 11.8 Å². The number of hydrogen-bond donors (Lipinski definition) is 1. The molecular weight excluding hydrogens is 1050 g/mol. The molecule has 23 nitrogen and oxygen atoms in total. The lowest BCUT2D eigenvalue weighted by Gasteiger charge is -2.24. The zero-order valence-electron chi connectivity index (χ0n) is 47.3. The number of hydrogen-bond acceptors (Lipinski definition) is 21. The van der Waals surface area contributed by atoms with Gasteiger partial charge in [0.1, 0.15) is 23.9 Å². The van der Waals surface area contributed by atoms with E-state index in [9.17, 15) is 19.2 Å². The van der Waals surface area contributed by atoms with Crippen LogP contribution in [0.1, 0.15) is 73.4 Å². The van der Waals surface area contributed by atoms with E-state index in [1.54, 1.807) is 4.68 Å². The Kier molecular flexibility index (Phi) is 30.6. The van der Waals surface area contributed by atoms with Crippen LogP contribution in [0.5, 0.6) is 5.75 Å². The largest absolute Gasteiger partial charge is 0.491 e. The molecule has 0 radical (unpaired) electrons. The number of pyridine rings is 1. The predicted octanol–water partition coefficient (Wildman–Crippen LogP) is 5.03. The number of carbonyl (C=O) groups excluding carboxylic acids is 4. The summed E-state index contributed by atoms with van der Waals surface area (Å²) in [6, 6.07) is 20.8. The molecule has 1 fully saturated rings. The van der Waals surface area contributed by atoms with Crippen molar-refractivity contribution in [3.8, 4) is 16.9 Å². The van der Waals surface area contributed by atoms with Gasteiger partial charge < -0.3 is 67.2 Å². The van der Waals surface area contributed by atoms with Gasteiger partial charge in [-0.3, -0.25) is 14.4 Å². The summed E-state index contributed by atoms with van der Waals surface area (Å²) in [5, 5.41) is 12.2. The minimum absolute atomic E-state index is 0.00741. The Morgan fingerprint density at radius 3 is 1.93 bits per heavy atom. The predicted molar refractivity (Wildman–Crippen MR) is 296 cm³/mol. The number of nitrogens with one attached hydrogen (secondary N) is 1. The lowest BCUT2D eigenvalue weighted by molar-refractivity contribution is -0.198. The minimum Gasteiger partial charge on any atom is -0.491 e. The van der Waals surface area contributed by atoms with Gasteiger partial charge >= 0.3 is 11.9 Å². The number of hydroxylamine groups is 2. The van der Waals surface area contributed by atoms with Crippen molar-refractivity contribution in [2.75, 3.05) is 158 Å². The summed E-state index contributed by atoms with van der Waals surface area (Å²) >= 11 is 0. The Morgan fingerprint density at radius 2 is 1.27 bits per heavy atom. The molecule has 2 amide bonds. The SMILES string of the molecule is COC(=O)CC(CN(C)CCCCc1ccc2c(n1)NCCC2)c1cccc(-c2ccc(OCCOCCOCCOCCOCCn3cc(COCCOCCOCCOCCOCCC(=O)ON4C(=O)CCC4=O)nn3)cc2)c1. The number of rotatable bonds is 45. The molecule has 2 aliphatic heterocycles. The summed E-state index contributed by atoms with van der Waals surface area (Å²) in [6.07, 6.45) is 7.45. The van der Waals surface area contributed by atoms with E-state index in [-0.39, 0.29) is 44.4 Å². The third kappa shape index (κ3) is 25.8. The van der Waals surface area contributed by atoms with Gasteiger partial charge in [0, 0.05) is 37.5 Å². The van der Waals surface area contributed by atoms with E-state index in [0.717, 1.165) is 85.7 Å². The van der Waals surface area contributed by atoms with E-state index in [4.69, 9.17) is 61.9 Å². The molecule has 81 heavy (non-hydrogen) atoms. The van der Waals surface area contributed by atoms with E-state index in [2.05, 4.69) is 64.0 Å². The van der Waals surface area contributed by atoms with Crippen LogP contribution in [0.3, 0.4) is 0 Å². The fourth-order valence-corrected chi connectivity index (χ4v) is 8.62. The molecule has 0 bridgehead atoms. The maximum Gasteiger partial charge on any atom is 0.335 e. The van der Waals surface area contributed by atoms with Crippen molar-refractivity contribution in [2.24, 2.45) is 0 Å². The molecule has 2 aliphatic rings. The molecule has 1 N–H and O–H groups in total. The molecular formula is C58H83N7O16. The number of likely N-dealkylation sites (N-methyl/N-ethyl adjacent to an activating group) is 1. The first-order valence-electron chi connectivity index (χ1n) is 28.2. The van der Waals surface area contributed by atoms with Crippen LogP contribution in [0.2, 0.25) is 0 Å². The number of unbranched alkanes of at least 4 members (excludes halogenated alkanes) is 1. The van der Waals surface area contributed by atoms with Crippen molar-refractivity contribution < 1.29 is 76.1 Å². The molecule has 1 atom stereocenters. The first kappa shape index (κ1) is 64.2. The number of aryl methyl sites for hydroxylation is 2. The van der Waals surface area contributed by atoms with Gasteiger partial charge in [0.15, 0.2) is 0 Å². The number of carbonyl (C=O) groups is 4. The number of nitrogens with zero attached hydrogens (tertiary/aromatic N) is 6. The van der Waals surface area contributed by atoms with Crippen molar-refractivity contribution in [1.82, 2.24) is 29.9 Å². The van der Waals surface area contributed by atoms with Gasteiger partial charge in [-0.15, -0.1) is 10.2 Å². The molecule has 1 unspecified atom stereocenters. The maximum atomic E-state index is 12.5. The van der Waals surface area contributed by atoms with Gasteiger partial charge in [0.05, 0.1) is 152 Å². The molecule has 6 rings (SSSR count). The molecule has 4 aromatic rings. The van der Waals surface area contributed by atoms with E-state index < -0.39 is 17.8 Å². The van der Waals surface area contributed by atoms with Crippen LogP contribution in [-0.2, 0) is 97.4 Å². The summed E-state index contributed by atoms with van der Waals surface area (Å²) in [7, 11) is 3.57. The first-order valence-corrected chi connectivity index (χ1v) is 28.2. The fraction of sp³-hybridized carbons (Fsp3) is 0.603. The van der Waals surface area contributed by atoms with Gasteiger partial charge in [0.2, 0.25) is 0 Å². The monoisotopic (exact) mass is 1130 g/mol. The maximum absolute atomic E-state index is 12.5. The summed E-state index contributed by atoms with van der Waals surface area (Å²) in [4.78, 5) is 59.2. The molecule has 4 heterocycles. The molecule has 2 aromatic heterocycles. The quantitative estimate of drug-likeness (QED) is 0.0347. The number of fused-ring (bicyclic) bond motifs is 1. The van der Waals surface area contributed by atoms with Gasteiger partial charge in [-0.1, -0.05) is 47.7 Å². The van der Waals surface area contributed by atoms with Crippen molar-refractivity contribution in [1.29, 1.82) is 0 Å². The summed E-state index contributed by atoms with van der Waals surface area (Å²) in [5.74, 6) is -0.151. The van der Waals surface area contributed by atoms with Crippen molar-refractivity contribution in [3.63, 3.8) is 0 Å². The Morgan fingerprint density at radius 1 is 0.654 bits per heavy atom. The van der Waals surface area contributed by atoms with Gasteiger partial charge in [-0.05, 0) is 86.1 Å². The Bertz CT molecular complexity index is 2410. The topological polar surface area (TPSA) is 241 Å². The van der Waals surface area contributed by atoms with Crippen LogP contribution in [0, 0.1) is 0 Å². The number of imide groups is 1. The summed E-state index contributed by atoms with van der Waals surface area (Å²) in [6.45, 7) is 10.6. The number of esters is 1. The second-order valence-corrected chi connectivity index (χ2v) is 19.3. The highest BCUT2D eigenvalue weighted by atomic mass is 16.7. The van der Waals surface area contributed by atoms with Gasteiger partial charge in [-0.2, -0.15) is 0 Å². The zero-order chi connectivity index (χ0) is 57.0. The van der Waals surface area contributed by atoms with Crippen LogP contribution in [0.4, 0.5) is 5.82 Å². The van der Waals surface area contributed by atoms with Crippen LogP contribution < -0.4 is 10.1 Å². The van der Waals surface area contributed by atoms with Crippen LogP contribution in [0.15, 0.2) is 66.9 Å². The molecule has 2 aromatic carbocycles. The van der Waals surface area contributed by atoms with Crippen LogP contribution in [0.25, 0.3) is 11.1 Å². The zero-order valence-corrected chi connectivity index (χ0v) is 47.3. The molecule has 23 heteroatoms. The Balaban J connectivity index is 0.685. The molecule has 446 valence electrons. The molecule has 0 saturated carbocycles. The second kappa shape index (κ2) is 38.7. The minimum atomic E-state index is -0.707.